The summed E-state index contributed by atoms with van der Waals surface area (Å²) >= 11 is 0. The summed E-state index contributed by atoms with van der Waals surface area (Å²) in [7, 11) is 0. The van der Waals surface area contributed by atoms with Crippen LogP contribution < -0.4 is 11.1 Å². The van der Waals surface area contributed by atoms with Gasteiger partial charge in [-0.15, -0.1) is 0 Å². The second kappa shape index (κ2) is 4.84. The first-order chi connectivity index (χ1) is 7.24. The number of nitrogens with one attached hydrogen (secondary N) is 1. The van der Waals surface area contributed by atoms with Crippen molar-refractivity contribution in [2.45, 2.75) is 50.7 Å². The van der Waals surface area contributed by atoms with Gasteiger partial charge in [0.2, 0.25) is 0 Å². The molecule has 0 atom stereocenters. The minimum atomic E-state index is -0.0767. The van der Waals surface area contributed by atoms with Crippen molar-refractivity contribution in [2.24, 2.45) is 16.6 Å². The first-order valence-electron chi connectivity index (χ1n) is 5.98. The average Bonchev–Trinajstić information content (AvgIpc) is 3.01. The van der Waals surface area contributed by atoms with E-state index in [4.69, 9.17) is 5.73 Å². The highest BCUT2D eigenvalue weighted by Crippen LogP contribution is 2.24. The van der Waals surface area contributed by atoms with Crippen molar-refractivity contribution in [3.8, 4) is 0 Å². The summed E-state index contributed by atoms with van der Waals surface area (Å²) in [5.74, 6) is 1.22. The van der Waals surface area contributed by atoms with Gasteiger partial charge in [0.25, 0.3) is 0 Å². The maximum atomic E-state index is 9.36. The van der Waals surface area contributed by atoms with Crippen molar-refractivity contribution in [3.63, 3.8) is 0 Å². The lowest BCUT2D eigenvalue weighted by Crippen LogP contribution is -2.34. The number of hydrogen-bond acceptors (Lipinski definition) is 2. The molecule has 4 N–H and O–H groups in total. The van der Waals surface area contributed by atoms with Gasteiger partial charge in [-0.05, 0) is 44.4 Å². The van der Waals surface area contributed by atoms with Gasteiger partial charge in [-0.25, -0.2) is 0 Å². The van der Waals surface area contributed by atoms with Gasteiger partial charge in [0.1, 0.15) is 0 Å². The Bertz CT molecular complexity index is 230. The number of guanidine groups is 1. The molecule has 86 valence electrons. The molecule has 0 spiro atoms. The van der Waals surface area contributed by atoms with E-state index in [1.165, 1.54) is 12.8 Å². The van der Waals surface area contributed by atoms with Crippen LogP contribution in [0.4, 0.5) is 0 Å². The van der Waals surface area contributed by atoms with Crippen molar-refractivity contribution in [1.82, 2.24) is 5.32 Å². The molecule has 0 unspecified atom stereocenters. The Labute approximate surface area is 91.0 Å². The molecule has 0 aromatic carbocycles. The standard InChI is InChI=1S/C11H21N3O/c12-11(14-9-3-4-9)13-7-8-1-5-10(15)6-2-8/h8-10,15H,1-7H2,(H3,12,13,14). The molecule has 4 heteroatoms. The van der Waals surface area contributed by atoms with E-state index in [0.717, 1.165) is 32.2 Å². The summed E-state index contributed by atoms with van der Waals surface area (Å²) in [6.07, 6.45) is 6.40. The van der Waals surface area contributed by atoms with E-state index in [-0.39, 0.29) is 6.10 Å². The number of rotatable bonds is 3. The highest BCUT2D eigenvalue weighted by Gasteiger charge is 2.22. The summed E-state index contributed by atoms with van der Waals surface area (Å²) in [6.45, 7) is 0.818. The van der Waals surface area contributed by atoms with Crippen LogP contribution in [-0.4, -0.2) is 29.8 Å². The zero-order valence-corrected chi connectivity index (χ0v) is 9.15. The quantitative estimate of drug-likeness (QED) is 0.473. The van der Waals surface area contributed by atoms with E-state index < -0.39 is 0 Å². The van der Waals surface area contributed by atoms with Gasteiger partial charge in [0.15, 0.2) is 5.96 Å². The molecular weight excluding hydrogens is 190 g/mol. The molecule has 0 aromatic heterocycles. The largest absolute Gasteiger partial charge is 0.393 e. The van der Waals surface area contributed by atoms with Gasteiger partial charge in [0, 0.05) is 12.6 Å². The molecule has 2 aliphatic rings. The van der Waals surface area contributed by atoms with Crippen molar-refractivity contribution < 1.29 is 5.11 Å². The summed E-state index contributed by atoms with van der Waals surface area (Å²) < 4.78 is 0. The van der Waals surface area contributed by atoms with Crippen LogP contribution in [0.2, 0.25) is 0 Å². The van der Waals surface area contributed by atoms with Crippen LogP contribution in [0, 0.1) is 5.92 Å². The smallest absolute Gasteiger partial charge is 0.188 e. The Morgan fingerprint density at radius 1 is 1.20 bits per heavy atom. The fourth-order valence-electron chi connectivity index (χ4n) is 2.04. The molecule has 2 fully saturated rings. The van der Waals surface area contributed by atoms with E-state index >= 15 is 0 Å². The zero-order valence-electron chi connectivity index (χ0n) is 9.15. The minimum Gasteiger partial charge on any atom is -0.393 e. The molecule has 0 heterocycles. The van der Waals surface area contributed by atoms with Crippen LogP contribution >= 0.6 is 0 Å². The van der Waals surface area contributed by atoms with Gasteiger partial charge >= 0.3 is 0 Å². The van der Waals surface area contributed by atoms with Crippen LogP contribution in [0.15, 0.2) is 4.99 Å². The van der Waals surface area contributed by atoms with E-state index in [0.29, 0.717) is 17.9 Å². The highest BCUT2D eigenvalue weighted by atomic mass is 16.3. The maximum absolute atomic E-state index is 9.36. The van der Waals surface area contributed by atoms with E-state index in [9.17, 15) is 5.11 Å². The predicted molar refractivity (Wildman–Crippen MR) is 60.6 cm³/mol. The first kappa shape index (κ1) is 10.7. The van der Waals surface area contributed by atoms with Crippen LogP contribution in [0.3, 0.4) is 0 Å². The molecule has 0 radical (unpaired) electrons. The molecule has 2 saturated carbocycles. The Balaban J connectivity index is 1.67. The third kappa shape index (κ3) is 3.70. The minimum absolute atomic E-state index is 0.0767. The Hall–Kier alpha value is -0.770. The third-order valence-corrected chi connectivity index (χ3v) is 3.27. The molecule has 2 rings (SSSR count). The number of nitrogens with zero attached hydrogens (tertiary/aromatic N) is 1. The van der Waals surface area contributed by atoms with Crippen LogP contribution in [0.25, 0.3) is 0 Å². The first-order valence-corrected chi connectivity index (χ1v) is 5.98. The van der Waals surface area contributed by atoms with E-state index in [1.54, 1.807) is 0 Å². The normalized spacial score (nSPS) is 32.7. The van der Waals surface area contributed by atoms with Gasteiger partial charge in [-0.2, -0.15) is 0 Å². The highest BCUT2D eigenvalue weighted by molar-refractivity contribution is 5.78. The maximum Gasteiger partial charge on any atom is 0.188 e. The molecule has 0 bridgehead atoms. The lowest BCUT2D eigenvalue weighted by molar-refractivity contribution is 0.110. The molecule has 0 saturated heterocycles. The van der Waals surface area contributed by atoms with Crippen LogP contribution in [0.5, 0.6) is 0 Å². The fraction of sp³-hybridized carbons (Fsp3) is 0.909. The number of aliphatic hydroxyl groups excluding tert-OH is 1. The van der Waals surface area contributed by atoms with Gasteiger partial charge in [-0.3, -0.25) is 4.99 Å². The Kier molecular flexibility index (Phi) is 3.46. The van der Waals surface area contributed by atoms with Crippen LogP contribution in [0.1, 0.15) is 38.5 Å². The topological polar surface area (TPSA) is 70.6 Å². The van der Waals surface area contributed by atoms with E-state index in [2.05, 4.69) is 10.3 Å². The number of hydrogen-bond donors (Lipinski definition) is 3. The van der Waals surface area contributed by atoms with Crippen molar-refractivity contribution >= 4 is 5.96 Å². The molecule has 2 aliphatic carbocycles. The van der Waals surface area contributed by atoms with Crippen molar-refractivity contribution in [2.75, 3.05) is 6.54 Å². The lowest BCUT2D eigenvalue weighted by Gasteiger charge is -2.23. The molecule has 0 aliphatic heterocycles. The molecule has 0 amide bonds. The van der Waals surface area contributed by atoms with E-state index in [1.807, 2.05) is 0 Å². The number of aliphatic hydroxyl groups is 1. The van der Waals surface area contributed by atoms with Gasteiger partial charge < -0.3 is 16.2 Å². The number of aliphatic imine (C=N–C) groups is 1. The SMILES string of the molecule is NC(=NCC1CCC(O)CC1)NC1CC1. The second-order valence-electron chi connectivity index (χ2n) is 4.82. The van der Waals surface area contributed by atoms with Crippen LogP contribution in [-0.2, 0) is 0 Å². The lowest BCUT2D eigenvalue weighted by atomic mass is 9.88. The molecule has 0 aromatic rings. The second-order valence-corrected chi connectivity index (χ2v) is 4.82. The number of nitrogens with two attached hydrogens (primary N) is 1. The van der Waals surface area contributed by atoms with Crippen molar-refractivity contribution in [3.05, 3.63) is 0 Å². The Morgan fingerprint density at radius 3 is 2.47 bits per heavy atom. The fourth-order valence-corrected chi connectivity index (χ4v) is 2.04. The third-order valence-electron chi connectivity index (χ3n) is 3.27. The Morgan fingerprint density at radius 2 is 1.87 bits per heavy atom. The summed E-state index contributed by atoms with van der Waals surface area (Å²) in [5, 5.41) is 12.5. The molecular formula is C11H21N3O. The average molecular weight is 211 g/mol. The monoisotopic (exact) mass is 211 g/mol. The van der Waals surface area contributed by atoms with Crippen molar-refractivity contribution in [1.29, 1.82) is 0 Å². The summed E-state index contributed by atoms with van der Waals surface area (Å²) in [6, 6.07) is 0.585. The summed E-state index contributed by atoms with van der Waals surface area (Å²) in [4.78, 5) is 4.35. The molecule has 15 heavy (non-hydrogen) atoms. The summed E-state index contributed by atoms with van der Waals surface area (Å²) in [5.41, 5.74) is 5.75. The van der Waals surface area contributed by atoms with Gasteiger partial charge in [0.05, 0.1) is 6.10 Å². The van der Waals surface area contributed by atoms with Gasteiger partial charge in [-0.1, -0.05) is 0 Å². The zero-order chi connectivity index (χ0) is 10.7. The predicted octanol–water partition coefficient (Wildman–Crippen LogP) is 0.604. The molecule has 4 nitrogen and oxygen atoms in total.